The summed E-state index contributed by atoms with van der Waals surface area (Å²) in [6, 6.07) is 0. The van der Waals surface area contributed by atoms with Crippen molar-refractivity contribution in [3.05, 3.63) is 18.7 Å². The van der Waals surface area contributed by atoms with Crippen molar-refractivity contribution in [2.45, 2.75) is 25.1 Å². The lowest BCUT2D eigenvalue weighted by molar-refractivity contribution is -0.702. The molecule has 0 aliphatic carbocycles. The van der Waals surface area contributed by atoms with Gasteiger partial charge in [-0.2, -0.15) is 8.42 Å². The van der Waals surface area contributed by atoms with Gasteiger partial charge in [0, 0.05) is 6.42 Å². The van der Waals surface area contributed by atoms with E-state index in [1.807, 2.05) is 6.92 Å². The second-order valence-electron chi connectivity index (χ2n) is 3.28. The molecule has 0 aliphatic heterocycles. The van der Waals surface area contributed by atoms with Crippen LogP contribution in [0.3, 0.4) is 0 Å². The third-order valence-electron chi connectivity index (χ3n) is 2.00. The van der Waals surface area contributed by atoms with Crippen LogP contribution in [0.1, 0.15) is 25.1 Å². The van der Waals surface area contributed by atoms with E-state index in [-0.39, 0.29) is 0 Å². The molecule has 1 aromatic rings. The average Bonchev–Trinajstić information content (AvgIpc) is 2.45. The van der Waals surface area contributed by atoms with Gasteiger partial charge in [-0.3, -0.25) is 4.55 Å². The van der Waals surface area contributed by atoms with Gasteiger partial charge in [0.1, 0.15) is 12.4 Å². The second-order valence-corrected chi connectivity index (χ2v) is 4.86. The third kappa shape index (κ3) is 2.55. The highest BCUT2D eigenvalue weighted by atomic mass is 32.2. The van der Waals surface area contributed by atoms with Crippen molar-refractivity contribution >= 4 is 10.1 Å². The van der Waals surface area contributed by atoms with Gasteiger partial charge in [-0.25, -0.2) is 9.13 Å². The Morgan fingerprint density at radius 3 is 2.57 bits per heavy atom. The number of hydrogen-bond donors (Lipinski definition) is 1. The molecule has 0 aromatic carbocycles. The molecule has 0 spiro atoms. The Bertz CT molecular complexity index is 396. The van der Waals surface area contributed by atoms with Crippen LogP contribution >= 0.6 is 0 Å². The second kappa shape index (κ2) is 4.10. The molecule has 1 aromatic heterocycles. The normalized spacial score (nSPS) is 14.2. The van der Waals surface area contributed by atoms with E-state index in [2.05, 4.69) is 0 Å². The van der Waals surface area contributed by atoms with Crippen molar-refractivity contribution in [1.82, 2.24) is 4.57 Å². The Labute approximate surface area is 83.7 Å². The molecule has 80 valence electrons. The van der Waals surface area contributed by atoms with E-state index in [1.54, 1.807) is 30.3 Å². The van der Waals surface area contributed by atoms with Gasteiger partial charge in [0.15, 0.2) is 0 Å². The largest absolute Gasteiger partial charge is 0.307 e. The van der Waals surface area contributed by atoms with Crippen LogP contribution in [-0.2, 0) is 17.2 Å². The number of nitrogens with zero attached hydrogens (tertiary/aromatic N) is 2. The molecule has 1 rings (SSSR count). The molecule has 1 N–H and O–H groups in total. The number of imidazole rings is 1. The maximum atomic E-state index is 11.1. The molecular formula is C8H15N2O3S+. The maximum Gasteiger partial charge on any atom is 0.307 e. The summed E-state index contributed by atoms with van der Waals surface area (Å²) in [4.78, 5) is 0. The molecule has 0 bridgehead atoms. The third-order valence-corrected chi connectivity index (χ3v) is 3.17. The molecule has 1 unspecified atom stereocenters. The van der Waals surface area contributed by atoms with Gasteiger partial charge < -0.3 is 0 Å². The Morgan fingerprint density at radius 2 is 2.21 bits per heavy atom. The van der Waals surface area contributed by atoms with Crippen molar-refractivity contribution in [3.8, 4) is 0 Å². The number of rotatable bonds is 4. The predicted molar refractivity (Wildman–Crippen MR) is 51.1 cm³/mol. The average molecular weight is 219 g/mol. The lowest BCUT2D eigenvalue weighted by Crippen LogP contribution is -2.42. The van der Waals surface area contributed by atoms with Crippen molar-refractivity contribution in [3.63, 3.8) is 0 Å². The van der Waals surface area contributed by atoms with Gasteiger partial charge in [0.25, 0.3) is 0 Å². The molecule has 0 radical (unpaired) electrons. The standard InChI is InChI=1S/C8H14N2O3S/c1-3-4-8(14(11,12)13)10-6-5-9(2)7-10/h5-8H,3-4H2,1-2H3/p+1. The van der Waals surface area contributed by atoms with E-state index in [0.717, 1.165) is 0 Å². The first-order chi connectivity index (χ1) is 6.45. The van der Waals surface area contributed by atoms with Crippen LogP contribution in [-0.4, -0.2) is 17.5 Å². The maximum absolute atomic E-state index is 11.1. The fourth-order valence-corrected chi connectivity index (χ4v) is 2.30. The lowest BCUT2D eigenvalue weighted by Gasteiger charge is -2.08. The van der Waals surface area contributed by atoms with E-state index in [9.17, 15) is 8.42 Å². The van der Waals surface area contributed by atoms with Crippen LogP contribution in [0.5, 0.6) is 0 Å². The molecule has 1 atom stereocenters. The molecule has 1 heterocycles. The van der Waals surface area contributed by atoms with Gasteiger partial charge in [-0.15, -0.1) is 0 Å². The van der Waals surface area contributed by atoms with Crippen LogP contribution in [0.15, 0.2) is 18.7 Å². The Kier molecular flexibility index (Phi) is 3.28. The van der Waals surface area contributed by atoms with Crippen molar-refractivity contribution < 1.29 is 17.5 Å². The van der Waals surface area contributed by atoms with Gasteiger partial charge in [0.05, 0.1) is 7.05 Å². The zero-order valence-electron chi connectivity index (χ0n) is 8.29. The minimum Gasteiger partial charge on any atom is -0.282 e. The molecular weight excluding hydrogens is 204 g/mol. The van der Waals surface area contributed by atoms with Crippen molar-refractivity contribution in [1.29, 1.82) is 0 Å². The SMILES string of the molecule is CCCC([n+]1ccn(C)c1)S(=O)(=O)O. The fourth-order valence-electron chi connectivity index (χ4n) is 1.34. The van der Waals surface area contributed by atoms with Crippen LogP contribution in [0, 0.1) is 0 Å². The topological polar surface area (TPSA) is 63.2 Å². The summed E-state index contributed by atoms with van der Waals surface area (Å²) in [5.41, 5.74) is 0. The minimum atomic E-state index is -4.02. The zero-order chi connectivity index (χ0) is 10.8. The van der Waals surface area contributed by atoms with Crippen LogP contribution in [0.4, 0.5) is 0 Å². The van der Waals surface area contributed by atoms with E-state index < -0.39 is 15.5 Å². The summed E-state index contributed by atoms with van der Waals surface area (Å²) in [7, 11) is -2.22. The Hall–Kier alpha value is -0.880. The van der Waals surface area contributed by atoms with Crippen molar-refractivity contribution in [2.24, 2.45) is 7.05 Å². The van der Waals surface area contributed by atoms with Gasteiger partial charge in [0.2, 0.25) is 11.7 Å². The summed E-state index contributed by atoms with van der Waals surface area (Å²) in [5.74, 6) is 0. The van der Waals surface area contributed by atoms with Gasteiger partial charge in [-0.05, 0) is 0 Å². The van der Waals surface area contributed by atoms with Crippen LogP contribution in [0.25, 0.3) is 0 Å². The van der Waals surface area contributed by atoms with E-state index in [4.69, 9.17) is 4.55 Å². The molecule has 5 nitrogen and oxygen atoms in total. The van der Waals surface area contributed by atoms with Crippen LogP contribution < -0.4 is 4.57 Å². The first-order valence-electron chi connectivity index (χ1n) is 4.44. The summed E-state index contributed by atoms with van der Waals surface area (Å²) < 4.78 is 34.4. The highest BCUT2D eigenvalue weighted by Gasteiger charge is 2.28. The van der Waals surface area contributed by atoms with E-state index in [1.165, 1.54) is 4.57 Å². The minimum absolute atomic E-state index is 0.410. The first-order valence-corrected chi connectivity index (χ1v) is 5.94. The number of aryl methyl sites for hydroxylation is 1. The molecule has 0 amide bonds. The first kappa shape index (κ1) is 11.2. The molecule has 0 saturated heterocycles. The summed E-state index contributed by atoms with van der Waals surface area (Å²) >= 11 is 0. The quantitative estimate of drug-likeness (QED) is 0.592. The van der Waals surface area contributed by atoms with E-state index in [0.29, 0.717) is 12.8 Å². The fraction of sp³-hybridized carbons (Fsp3) is 0.625. The highest BCUT2D eigenvalue weighted by Crippen LogP contribution is 2.12. The Morgan fingerprint density at radius 1 is 1.57 bits per heavy atom. The molecule has 0 saturated carbocycles. The van der Waals surface area contributed by atoms with Crippen molar-refractivity contribution in [2.75, 3.05) is 0 Å². The number of hydrogen-bond acceptors (Lipinski definition) is 2. The molecule has 6 heteroatoms. The Balaban J connectivity index is 3.00. The molecule has 0 aliphatic rings. The summed E-state index contributed by atoms with van der Waals surface area (Å²) in [6.07, 6.45) is 6.11. The summed E-state index contributed by atoms with van der Waals surface area (Å²) in [6.45, 7) is 1.88. The highest BCUT2D eigenvalue weighted by molar-refractivity contribution is 7.85. The van der Waals surface area contributed by atoms with E-state index >= 15 is 0 Å². The zero-order valence-corrected chi connectivity index (χ0v) is 9.11. The smallest absolute Gasteiger partial charge is 0.282 e. The number of aromatic nitrogens is 2. The van der Waals surface area contributed by atoms with Gasteiger partial charge in [-0.1, -0.05) is 13.3 Å². The molecule has 0 fully saturated rings. The monoisotopic (exact) mass is 219 g/mol. The summed E-state index contributed by atoms with van der Waals surface area (Å²) in [5, 5.41) is -0.867. The molecule has 14 heavy (non-hydrogen) atoms. The van der Waals surface area contributed by atoms with Gasteiger partial charge >= 0.3 is 10.1 Å². The predicted octanol–water partition coefficient (Wildman–Crippen LogP) is 0.499. The van der Waals surface area contributed by atoms with Crippen LogP contribution in [0.2, 0.25) is 0 Å². The lowest BCUT2D eigenvalue weighted by atomic mass is 10.3.